The summed E-state index contributed by atoms with van der Waals surface area (Å²) in [5.74, 6) is -0.267. The Hall–Kier alpha value is -3.21. The normalized spacial score (nSPS) is 10.5. The first-order chi connectivity index (χ1) is 12.6. The Morgan fingerprint density at radius 3 is 2.54 bits per heavy atom. The predicted molar refractivity (Wildman–Crippen MR) is 103 cm³/mol. The third-order valence-electron chi connectivity index (χ3n) is 4.31. The van der Waals surface area contributed by atoms with Crippen LogP contribution < -0.4 is 5.32 Å². The Labute approximate surface area is 152 Å². The lowest BCUT2D eigenvalue weighted by Gasteiger charge is -2.19. The fourth-order valence-electron chi connectivity index (χ4n) is 2.92. The number of fused-ring (bicyclic) bond motifs is 1. The second-order valence-electron chi connectivity index (χ2n) is 5.89. The van der Waals surface area contributed by atoms with E-state index in [4.69, 9.17) is 0 Å². The number of benzene rings is 2. The van der Waals surface area contributed by atoms with Crippen LogP contribution in [0.5, 0.6) is 0 Å². The van der Waals surface area contributed by atoms with E-state index in [1.54, 1.807) is 41.4 Å². The third-order valence-corrected chi connectivity index (χ3v) is 4.31. The van der Waals surface area contributed by atoms with Gasteiger partial charge in [-0.3, -0.25) is 14.6 Å². The maximum Gasteiger partial charge on any atom is 0.256 e. The first kappa shape index (κ1) is 17.6. The summed E-state index contributed by atoms with van der Waals surface area (Å²) >= 11 is 0. The van der Waals surface area contributed by atoms with Gasteiger partial charge in [0.25, 0.3) is 11.8 Å². The minimum atomic E-state index is -0.226. The molecular weight excluding hydrogens is 326 g/mol. The van der Waals surface area contributed by atoms with Gasteiger partial charge in [-0.05, 0) is 50.2 Å². The van der Waals surface area contributed by atoms with E-state index in [2.05, 4.69) is 10.3 Å². The summed E-state index contributed by atoms with van der Waals surface area (Å²) in [6.45, 7) is 5.19. The molecule has 2 amide bonds. The standard InChI is InChI=1S/C21H21N3O2/c1-3-24(4-2)21(26)15-8-5-9-16(14-15)23-20(25)18-10-6-12-19-17(18)11-7-13-22-19/h5-14H,3-4H2,1-2H3,(H,23,25). The van der Waals surface area contributed by atoms with Crippen LogP contribution in [-0.2, 0) is 0 Å². The minimum Gasteiger partial charge on any atom is -0.339 e. The minimum absolute atomic E-state index is 0.0412. The second-order valence-corrected chi connectivity index (χ2v) is 5.89. The van der Waals surface area contributed by atoms with Crippen LogP contribution in [0.25, 0.3) is 10.9 Å². The van der Waals surface area contributed by atoms with Crippen molar-refractivity contribution < 1.29 is 9.59 Å². The number of nitrogens with one attached hydrogen (secondary N) is 1. The van der Waals surface area contributed by atoms with Gasteiger partial charge in [0.2, 0.25) is 0 Å². The average Bonchev–Trinajstić information content (AvgIpc) is 2.68. The molecule has 1 heterocycles. The van der Waals surface area contributed by atoms with Gasteiger partial charge in [-0.1, -0.05) is 18.2 Å². The Kier molecular flexibility index (Phi) is 5.27. The van der Waals surface area contributed by atoms with Crippen molar-refractivity contribution >= 4 is 28.4 Å². The number of anilines is 1. The van der Waals surface area contributed by atoms with Gasteiger partial charge in [0.15, 0.2) is 0 Å². The van der Waals surface area contributed by atoms with Crippen LogP contribution in [0.1, 0.15) is 34.6 Å². The van der Waals surface area contributed by atoms with Crippen molar-refractivity contribution in [1.29, 1.82) is 0 Å². The summed E-state index contributed by atoms with van der Waals surface area (Å²) in [4.78, 5) is 31.2. The molecule has 0 unspecified atom stereocenters. The number of carbonyl (C=O) groups is 2. The Morgan fingerprint density at radius 1 is 1.00 bits per heavy atom. The van der Waals surface area contributed by atoms with E-state index in [0.717, 1.165) is 10.9 Å². The summed E-state index contributed by atoms with van der Waals surface area (Å²) in [7, 11) is 0. The topological polar surface area (TPSA) is 62.3 Å². The predicted octanol–water partition coefficient (Wildman–Crippen LogP) is 3.97. The highest BCUT2D eigenvalue weighted by Crippen LogP contribution is 2.19. The zero-order chi connectivity index (χ0) is 18.5. The fraction of sp³-hybridized carbons (Fsp3) is 0.190. The highest BCUT2D eigenvalue weighted by molar-refractivity contribution is 6.12. The van der Waals surface area contributed by atoms with Gasteiger partial charge >= 0.3 is 0 Å². The molecule has 0 saturated carbocycles. The number of nitrogens with zero attached hydrogens (tertiary/aromatic N) is 2. The number of aromatic nitrogens is 1. The maximum absolute atomic E-state index is 12.7. The van der Waals surface area contributed by atoms with Crippen LogP contribution in [-0.4, -0.2) is 34.8 Å². The molecule has 1 aromatic heterocycles. The lowest BCUT2D eigenvalue weighted by atomic mass is 10.1. The molecule has 0 radical (unpaired) electrons. The summed E-state index contributed by atoms with van der Waals surface area (Å²) in [6.07, 6.45) is 1.70. The summed E-state index contributed by atoms with van der Waals surface area (Å²) in [5, 5.41) is 3.68. The largest absolute Gasteiger partial charge is 0.339 e. The first-order valence-electron chi connectivity index (χ1n) is 8.68. The van der Waals surface area contributed by atoms with Gasteiger partial charge < -0.3 is 10.2 Å². The SMILES string of the molecule is CCN(CC)C(=O)c1cccc(NC(=O)c2cccc3ncccc23)c1. The van der Waals surface area contributed by atoms with Crippen LogP contribution >= 0.6 is 0 Å². The van der Waals surface area contributed by atoms with Crippen LogP contribution in [0.15, 0.2) is 60.8 Å². The molecule has 0 aliphatic carbocycles. The summed E-state index contributed by atoms with van der Waals surface area (Å²) < 4.78 is 0. The lowest BCUT2D eigenvalue weighted by Crippen LogP contribution is -2.30. The number of amides is 2. The van der Waals surface area contributed by atoms with Crippen molar-refractivity contribution in [1.82, 2.24) is 9.88 Å². The second kappa shape index (κ2) is 7.78. The highest BCUT2D eigenvalue weighted by atomic mass is 16.2. The van der Waals surface area contributed by atoms with E-state index >= 15 is 0 Å². The van der Waals surface area contributed by atoms with Gasteiger partial charge in [0, 0.05) is 41.5 Å². The Bertz CT molecular complexity index is 943. The van der Waals surface area contributed by atoms with Crippen molar-refractivity contribution in [3.63, 3.8) is 0 Å². The van der Waals surface area contributed by atoms with Crippen molar-refractivity contribution in [3.05, 3.63) is 71.9 Å². The smallest absolute Gasteiger partial charge is 0.256 e. The van der Waals surface area contributed by atoms with Crippen LogP contribution in [0, 0.1) is 0 Å². The highest BCUT2D eigenvalue weighted by Gasteiger charge is 2.14. The van der Waals surface area contributed by atoms with E-state index in [0.29, 0.717) is 29.9 Å². The van der Waals surface area contributed by atoms with Crippen molar-refractivity contribution in [2.24, 2.45) is 0 Å². The monoisotopic (exact) mass is 347 g/mol. The molecule has 2 aromatic carbocycles. The fourth-order valence-corrected chi connectivity index (χ4v) is 2.92. The van der Waals surface area contributed by atoms with Gasteiger partial charge in [-0.25, -0.2) is 0 Å². The molecule has 0 saturated heterocycles. The van der Waals surface area contributed by atoms with Gasteiger partial charge in [-0.2, -0.15) is 0 Å². The first-order valence-corrected chi connectivity index (χ1v) is 8.68. The van der Waals surface area contributed by atoms with E-state index < -0.39 is 0 Å². The molecule has 3 aromatic rings. The zero-order valence-corrected chi connectivity index (χ0v) is 14.9. The molecule has 0 aliphatic heterocycles. The lowest BCUT2D eigenvalue weighted by molar-refractivity contribution is 0.0772. The maximum atomic E-state index is 12.7. The molecule has 5 heteroatoms. The number of pyridine rings is 1. The summed E-state index contributed by atoms with van der Waals surface area (Å²) in [5.41, 5.74) is 2.47. The van der Waals surface area contributed by atoms with Gasteiger partial charge in [-0.15, -0.1) is 0 Å². The van der Waals surface area contributed by atoms with E-state index in [1.165, 1.54) is 0 Å². The number of rotatable bonds is 5. The van der Waals surface area contributed by atoms with E-state index in [9.17, 15) is 9.59 Å². The van der Waals surface area contributed by atoms with Crippen LogP contribution in [0.3, 0.4) is 0 Å². The number of hydrogen-bond donors (Lipinski definition) is 1. The van der Waals surface area contributed by atoms with Crippen molar-refractivity contribution in [2.75, 3.05) is 18.4 Å². The molecule has 3 rings (SSSR count). The molecule has 0 atom stereocenters. The van der Waals surface area contributed by atoms with Crippen molar-refractivity contribution in [2.45, 2.75) is 13.8 Å². The van der Waals surface area contributed by atoms with Crippen LogP contribution in [0.2, 0.25) is 0 Å². The molecule has 5 nitrogen and oxygen atoms in total. The molecule has 1 N–H and O–H groups in total. The quantitative estimate of drug-likeness (QED) is 0.760. The molecule has 0 spiro atoms. The Balaban J connectivity index is 1.86. The van der Waals surface area contributed by atoms with Crippen LogP contribution in [0.4, 0.5) is 5.69 Å². The molecule has 0 fully saturated rings. The number of carbonyl (C=O) groups excluding carboxylic acids is 2. The molecule has 132 valence electrons. The molecule has 0 aliphatic rings. The Morgan fingerprint density at radius 2 is 1.77 bits per heavy atom. The third kappa shape index (κ3) is 3.57. The van der Waals surface area contributed by atoms with E-state index in [1.807, 2.05) is 38.1 Å². The van der Waals surface area contributed by atoms with Gasteiger partial charge in [0.05, 0.1) is 5.52 Å². The van der Waals surface area contributed by atoms with E-state index in [-0.39, 0.29) is 11.8 Å². The number of hydrogen-bond acceptors (Lipinski definition) is 3. The molecular formula is C21H21N3O2. The van der Waals surface area contributed by atoms with Crippen molar-refractivity contribution in [3.8, 4) is 0 Å². The average molecular weight is 347 g/mol. The van der Waals surface area contributed by atoms with Gasteiger partial charge in [0.1, 0.15) is 0 Å². The molecule has 0 bridgehead atoms. The molecule has 26 heavy (non-hydrogen) atoms. The summed E-state index contributed by atoms with van der Waals surface area (Å²) in [6, 6.07) is 16.2. The zero-order valence-electron chi connectivity index (χ0n) is 14.9.